The summed E-state index contributed by atoms with van der Waals surface area (Å²) in [5, 5.41) is 1.08. The highest BCUT2D eigenvalue weighted by Gasteiger charge is 2.07. The minimum atomic E-state index is -0.303. The summed E-state index contributed by atoms with van der Waals surface area (Å²) in [5.41, 5.74) is 8.01. The van der Waals surface area contributed by atoms with Crippen molar-refractivity contribution in [2.24, 2.45) is 5.73 Å². The maximum Gasteiger partial charge on any atom is 0.123 e. The number of rotatable bonds is 2. The highest BCUT2D eigenvalue weighted by atomic mass is 35.5. The van der Waals surface area contributed by atoms with Crippen LogP contribution in [0.5, 0.6) is 0 Å². The van der Waals surface area contributed by atoms with Crippen molar-refractivity contribution < 1.29 is 4.39 Å². The first-order valence-electron chi connectivity index (χ1n) is 5.05. The lowest BCUT2D eigenvalue weighted by atomic mass is 9.99. The zero-order valence-corrected chi connectivity index (χ0v) is 10.4. The van der Waals surface area contributed by atoms with E-state index in [9.17, 15) is 4.39 Å². The SMILES string of the molecule is NCc1cc(F)ccc1-c1cc(Cl)cc(Cl)c1. The number of halogens is 3. The second-order valence-corrected chi connectivity index (χ2v) is 4.54. The molecule has 0 aliphatic heterocycles. The van der Waals surface area contributed by atoms with Crippen molar-refractivity contribution in [3.05, 3.63) is 57.8 Å². The fourth-order valence-electron chi connectivity index (χ4n) is 1.72. The van der Waals surface area contributed by atoms with Gasteiger partial charge in [-0.1, -0.05) is 29.3 Å². The van der Waals surface area contributed by atoms with Gasteiger partial charge in [-0.2, -0.15) is 0 Å². The van der Waals surface area contributed by atoms with Crippen LogP contribution in [0.15, 0.2) is 36.4 Å². The Bertz CT molecular complexity index is 535. The molecule has 0 heterocycles. The third-order valence-electron chi connectivity index (χ3n) is 2.46. The molecule has 2 N–H and O–H groups in total. The Labute approximate surface area is 109 Å². The van der Waals surface area contributed by atoms with Crippen molar-refractivity contribution in [3.8, 4) is 11.1 Å². The normalized spacial score (nSPS) is 10.6. The van der Waals surface area contributed by atoms with Crippen LogP contribution in [0.4, 0.5) is 4.39 Å². The Morgan fingerprint density at radius 3 is 2.24 bits per heavy atom. The van der Waals surface area contributed by atoms with E-state index in [2.05, 4.69) is 0 Å². The van der Waals surface area contributed by atoms with Gasteiger partial charge in [0.1, 0.15) is 5.82 Å². The second-order valence-electron chi connectivity index (χ2n) is 3.66. The summed E-state index contributed by atoms with van der Waals surface area (Å²) in [7, 11) is 0. The van der Waals surface area contributed by atoms with Gasteiger partial charge in [-0.3, -0.25) is 0 Å². The molecule has 2 aromatic rings. The molecule has 0 aliphatic carbocycles. The van der Waals surface area contributed by atoms with Crippen molar-refractivity contribution in [1.82, 2.24) is 0 Å². The summed E-state index contributed by atoms with van der Waals surface area (Å²) in [6.45, 7) is 0.261. The molecule has 0 fully saturated rings. The molecule has 1 nitrogen and oxygen atoms in total. The van der Waals surface area contributed by atoms with Gasteiger partial charge in [0, 0.05) is 16.6 Å². The molecule has 0 unspecified atom stereocenters. The van der Waals surface area contributed by atoms with Crippen molar-refractivity contribution in [2.75, 3.05) is 0 Å². The third-order valence-corrected chi connectivity index (χ3v) is 2.90. The van der Waals surface area contributed by atoms with Crippen molar-refractivity contribution >= 4 is 23.2 Å². The molecular formula is C13H10Cl2FN. The van der Waals surface area contributed by atoms with Crippen LogP contribution in [0.25, 0.3) is 11.1 Å². The van der Waals surface area contributed by atoms with Crippen LogP contribution in [0, 0.1) is 5.82 Å². The van der Waals surface area contributed by atoms with Gasteiger partial charge in [-0.05, 0) is 47.0 Å². The molecule has 0 bridgehead atoms. The molecule has 0 saturated carbocycles. The van der Waals surface area contributed by atoms with Crippen LogP contribution in [0.2, 0.25) is 10.0 Å². The van der Waals surface area contributed by atoms with Crippen LogP contribution in [-0.2, 0) is 6.54 Å². The smallest absolute Gasteiger partial charge is 0.123 e. The lowest BCUT2D eigenvalue weighted by molar-refractivity contribution is 0.625. The van der Waals surface area contributed by atoms with E-state index in [1.807, 2.05) is 0 Å². The van der Waals surface area contributed by atoms with Gasteiger partial charge < -0.3 is 5.73 Å². The number of hydrogen-bond donors (Lipinski definition) is 1. The number of nitrogens with two attached hydrogens (primary N) is 1. The Balaban J connectivity index is 2.59. The highest BCUT2D eigenvalue weighted by Crippen LogP contribution is 2.29. The molecule has 4 heteroatoms. The molecule has 2 aromatic carbocycles. The van der Waals surface area contributed by atoms with Gasteiger partial charge in [0.25, 0.3) is 0 Å². The van der Waals surface area contributed by atoms with Crippen molar-refractivity contribution in [2.45, 2.75) is 6.54 Å². The Hall–Kier alpha value is -1.09. The average molecular weight is 270 g/mol. The van der Waals surface area contributed by atoms with Crippen molar-refractivity contribution in [1.29, 1.82) is 0 Å². The van der Waals surface area contributed by atoms with Gasteiger partial charge in [0.15, 0.2) is 0 Å². The maximum atomic E-state index is 13.1. The standard InChI is InChI=1S/C13H10Cl2FN/c14-10-3-8(4-11(15)6-10)13-2-1-12(16)5-9(13)7-17/h1-6H,7,17H2. The van der Waals surface area contributed by atoms with Gasteiger partial charge in [-0.15, -0.1) is 0 Å². The second kappa shape index (κ2) is 5.05. The van der Waals surface area contributed by atoms with E-state index in [4.69, 9.17) is 28.9 Å². The van der Waals surface area contributed by atoms with E-state index in [1.54, 1.807) is 24.3 Å². The maximum absolute atomic E-state index is 13.1. The Kier molecular flexibility index (Phi) is 3.67. The topological polar surface area (TPSA) is 26.0 Å². The molecule has 88 valence electrons. The van der Waals surface area contributed by atoms with E-state index in [0.29, 0.717) is 10.0 Å². The number of hydrogen-bond acceptors (Lipinski definition) is 1. The lowest BCUT2D eigenvalue weighted by Crippen LogP contribution is -1.99. The molecule has 0 aromatic heterocycles. The largest absolute Gasteiger partial charge is 0.326 e. The molecule has 0 spiro atoms. The summed E-state index contributed by atoms with van der Waals surface area (Å²) < 4.78 is 13.1. The predicted octanol–water partition coefficient (Wildman–Crippen LogP) is 4.26. The van der Waals surface area contributed by atoms with Crippen LogP contribution in [0.3, 0.4) is 0 Å². The molecular weight excluding hydrogens is 260 g/mol. The minimum absolute atomic E-state index is 0.261. The molecule has 2 rings (SSSR count). The molecule has 0 amide bonds. The summed E-state index contributed by atoms with van der Waals surface area (Å²) in [5.74, 6) is -0.303. The molecule has 0 aliphatic rings. The lowest BCUT2D eigenvalue weighted by Gasteiger charge is -2.09. The van der Waals surface area contributed by atoms with E-state index < -0.39 is 0 Å². The number of benzene rings is 2. The fraction of sp³-hybridized carbons (Fsp3) is 0.0769. The minimum Gasteiger partial charge on any atom is -0.326 e. The third kappa shape index (κ3) is 2.78. The first-order chi connectivity index (χ1) is 8.10. The molecule has 0 saturated heterocycles. The van der Waals surface area contributed by atoms with Crippen LogP contribution in [-0.4, -0.2) is 0 Å². The zero-order chi connectivity index (χ0) is 12.4. The Morgan fingerprint density at radius 2 is 1.65 bits per heavy atom. The molecule has 0 atom stereocenters. The van der Waals surface area contributed by atoms with Gasteiger partial charge in [0.2, 0.25) is 0 Å². The van der Waals surface area contributed by atoms with Crippen LogP contribution >= 0.6 is 23.2 Å². The summed E-state index contributed by atoms with van der Waals surface area (Å²) in [6, 6.07) is 9.70. The summed E-state index contributed by atoms with van der Waals surface area (Å²) in [4.78, 5) is 0. The average Bonchev–Trinajstić information content (AvgIpc) is 2.27. The van der Waals surface area contributed by atoms with E-state index in [0.717, 1.165) is 16.7 Å². The summed E-state index contributed by atoms with van der Waals surface area (Å²) >= 11 is 11.9. The van der Waals surface area contributed by atoms with Crippen LogP contribution in [0.1, 0.15) is 5.56 Å². The van der Waals surface area contributed by atoms with E-state index >= 15 is 0 Å². The quantitative estimate of drug-likeness (QED) is 0.866. The zero-order valence-electron chi connectivity index (χ0n) is 8.88. The summed E-state index contributed by atoms with van der Waals surface area (Å²) in [6.07, 6.45) is 0. The fourth-order valence-corrected chi connectivity index (χ4v) is 2.25. The molecule has 0 radical (unpaired) electrons. The van der Waals surface area contributed by atoms with Crippen molar-refractivity contribution in [3.63, 3.8) is 0 Å². The Morgan fingerprint density at radius 1 is 1.00 bits per heavy atom. The first-order valence-corrected chi connectivity index (χ1v) is 5.80. The van der Waals surface area contributed by atoms with Gasteiger partial charge in [-0.25, -0.2) is 4.39 Å². The predicted molar refractivity (Wildman–Crippen MR) is 69.7 cm³/mol. The van der Waals surface area contributed by atoms with Gasteiger partial charge >= 0.3 is 0 Å². The first kappa shape index (κ1) is 12.4. The highest BCUT2D eigenvalue weighted by molar-refractivity contribution is 6.35. The monoisotopic (exact) mass is 269 g/mol. The van der Waals surface area contributed by atoms with E-state index in [-0.39, 0.29) is 12.4 Å². The van der Waals surface area contributed by atoms with Crippen LogP contribution < -0.4 is 5.73 Å². The van der Waals surface area contributed by atoms with Gasteiger partial charge in [0.05, 0.1) is 0 Å². The van der Waals surface area contributed by atoms with E-state index in [1.165, 1.54) is 12.1 Å². The molecule has 17 heavy (non-hydrogen) atoms.